The summed E-state index contributed by atoms with van der Waals surface area (Å²) >= 11 is 0. The fraction of sp³-hybridized carbons (Fsp3) is 0.583. The van der Waals surface area contributed by atoms with Crippen molar-refractivity contribution in [1.82, 2.24) is 19.4 Å². The van der Waals surface area contributed by atoms with Gasteiger partial charge in [0.05, 0.1) is 17.6 Å². The lowest BCUT2D eigenvalue weighted by molar-refractivity contribution is -0.124. The minimum absolute atomic E-state index is 0.137. The molecule has 1 atom stereocenters. The maximum Gasteiger partial charge on any atom is 0.329 e. The van der Waals surface area contributed by atoms with Gasteiger partial charge in [0.1, 0.15) is 6.04 Å². The first kappa shape index (κ1) is 21.8. The van der Waals surface area contributed by atoms with Crippen LogP contribution in [0.1, 0.15) is 56.6 Å². The van der Waals surface area contributed by atoms with Crippen molar-refractivity contribution in [3.05, 3.63) is 46.5 Å². The summed E-state index contributed by atoms with van der Waals surface area (Å²) in [5, 5.41) is 2.80. The number of carbonyl (C=O) groups is 1. The Morgan fingerprint density at radius 2 is 1.90 bits per heavy atom. The predicted octanol–water partition coefficient (Wildman–Crippen LogP) is 2.91. The second-order valence-electron chi connectivity index (χ2n) is 8.84. The van der Waals surface area contributed by atoms with E-state index in [1.807, 2.05) is 6.07 Å². The summed E-state index contributed by atoms with van der Waals surface area (Å²) in [6, 6.07) is 5.83. The van der Waals surface area contributed by atoms with Gasteiger partial charge in [0.25, 0.3) is 0 Å². The second kappa shape index (κ2) is 9.40. The van der Waals surface area contributed by atoms with E-state index < -0.39 is 6.04 Å². The number of amides is 1. The normalized spacial score (nSPS) is 21.0. The van der Waals surface area contributed by atoms with E-state index in [4.69, 9.17) is 4.74 Å². The Morgan fingerprint density at radius 1 is 1.13 bits per heavy atom. The van der Waals surface area contributed by atoms with Gasteiger partial charge in [-0.15, -0.1) is 0 Å². The van der Waals surface area contributed by atoms with Crippen LogP contribution >= 0.6 is 0 Å². The van der Waals surface area contributed by atoms with E-state index in [1.165, 1.54) is 5.56 Å². The molecule has 0 saturated carbocycles. The number of imidazole rings is 1. The van der Waals surface area contributed by atoms with Crippen LogP contribution in [0.2, 0.25) is 0 Å². The van der Waals surface area contributed by atoms with Gasteiger partial charge in [0, 0.05) is 25.9 Å². The molecule has 1 amide bonds. The van der Waals surface area contributed by atoms with Crippen molar-refractivity contribution in [3.8, 4) is 0 Å². The molecule has 0 radical (unpaired) electrons. The van der Waals surface area contributed by atoms with Crippen molar-refractivity contribution < 1.29 is 9.53 Å². The van der Waals surface area contributed by atoms with Crippen LogP contribution in [-0.4, -0.2) is 52.8 Å². The molecule has 3 heterocycles. The lowest BCUT2D eigenvalue weighted by Crippen LogP contribution is -2.40. The Balaban J connectivity index is 1.49. The minimum Gasteiger partial charge on any atom is -0.380 e. The molecule has 7 nitrogen and oxygen atoms in total. The summed E-state index contributed by atoms with van der Waals surface area (Å²) < 4.78 is 8.95. The van der Waals surface area contributed by atoms with Crippen molar-refractivity contribution in [1.29, 1.82) is 0 Å². The molecular formula is C24H34N4O3. The topological polar surface area (TPSA) is 68.5 Å². The average Bonchev–Trinajstić information content (AvgIpc) is 3.02. The van der Waals surface area contributed by atoms with E-state index in [9.17, 15) is 9.59 Å². The third-order valence-corrected chi connectivity index (χ3v) is 6.71. The summed E-state index contributed by atoms with van der Waals surface area (Å²) in [5.74, 6) is 0.349. The van der Waals surface area contributed by atoms with Crippen LogP contribution in [-0.2, 0) is 16.6 Å². The number of hydrogen-bond acceptors (Lipinski definition) is 4. The molecule has 0 bridgehead atoms. The van der Waals surface area contributed by atoms with Crippen molar-refractivity contribution in [3.63, 3.8) is 0 Å². The summed E-state index contributed by atoms with van der Waals surface area (Å²) in [4.78, 5) is 28.0. The summed E-state index contributed by atoms with van der Waals surface area (Å²) in [7, 11) is 1.80. The quantitative estimate of drug-likeness (QED) is 0.692. The average molecular weight is 427 g/mol. The number of ether oxygens (including phenoxy) is 1. The molecular weight excluding hydrogens is 392 g/mol. The fourth-order valence-electron chi connectivity index (χ4n) is 4.87. The summed E-state index contributed by atoms with van der Waals surface area (Å²) in [6.07, 6.45) is 4.59. The van der Waals surface area contributed by atoms with Gasteiger partial charge < -0.3 is 15.0 Å². The Bertz CT molecular complexity index is 1010. The second-order valence-corrected chi connectivity index (χ2v) is 8.84. The molecule has 2 aromatic rings. The molecule has 2 fully saturated rings. The molecule has 2 aliphatic rings. The predicted molar refractivity (Wildman–Crippen MR) is 122 cm³/mol. The number of hydrogen-bond donors (Lipinski definition) is 1. The molecule has 2 saturated heterocycles. The van der Waals surface area contributed by atoms with Crippen molar-refractivity contribution >= 4 is 16.9 Å². The van der Waals surface area contributed by atoms with Gasteiger partial charge in [0.15, 0.2) is 0 Å². The maximum absolute atomic E-state index is 13.0. The SMILES string of the molecule is C=C1CCC(n2c(=O)n(C)c3cc(C4CCN(CCOCCC)CC4)ccc32)C(=O)N1. The summed E-state index contributed by atoms with van der Waals surface area (Å²) in [5.41, 5.74) is 3.59. The van der Waals surface area contributed by atoms with Crippen molar-refractivity contribution in [2.24, 2.45) is 7.05 Å². The van der Waals surface area contributed by atoms with Gasteiger partial charge >= 0.3 is 5.69 Å². The molecule has 0 aliphatic carbocycles. The highest BCUT2D eigenvalue weighted by molar-refractivity contribution is 5.86. The zero-order valence-corrected chi connectivity index (χ0v) is 18.7. The van der Waals surface area contributed by atoms with Crippen LogP contribution in [0.4, 0.5) is 0 Å². The standard InChI is InChI=1S/C24H34N4O3/c1-4-14-31-15-13-27-11-9-18(10-12-27)19-6-8-20-22(16-19)26(3)24(30)28(20)21-7-5-17(2)25-23(21)29/h6,8,16,18,21H,2,4-5,7,9-15H2,1,3H3,(H,25,29). The van der Waals surface area contributed by atoms with Gasteiger partial charge in [-0.3, -0.25) is 13.9 Å². The number of rotatable bonds is 7. The number of piperidine rings is 2. The Kier molecular flexibility index (Phi) is 6.62. The van der Waals surface area contributed by atoms with Gasteiger partial charge in [0.2, 0.25) is 5.91 Å². The van der Waals surface area contributed by atoms with Gasteiger partial charge in [-0.1, -0.05) is 19.6 Å². The lowest BCUT2D eigenvalue weighted by atomic mass is 9.89. The number of nitrogens with one attached hydrogen (secondary N) is 1. The molecule has 4 rings (SSSR count). The Morgan fingerprint density at radius 3 is 2.61 bits per heavy atom. The number of nitrogens with zero attached hydrogens (tertiary/aromatic N) is 3. The smallest absolute Gasteiger partial charge is 0.329 e. The van der Waals surface area contributed by atoms with E-state index in [0.29, 0.717) is 18.8 Å². The number of aryl methyl sites for hydroxylation is 1. The number of carbonyl (C=O) groups excluding carboxylic acids is 1. The van der Waals surface area contributed by atoms with Crippen molar-refractivity contribution in [2.45, 2.75) is 51.0 Å². The van der Waals surface area contributed by atoms with Gasteiger partial charge in [-0.25, -0.2) is 4.79 Å². The number of likely N-dealkylation sites (tertiary alicyclic amines) is 1. The van der Waals surface area contributed by atoms with Crippen LogP contribution in [0.15, 0.2) is 35.3 Å². The Hall–Kier alpha value is -2.38. The van der Waals surface area contributed by atoms with Gasteiger partial charge in [-0.05, 0) is 68.8 Å². The van der Waals surface area contributed by atoms with E-state index in [1.54, 1.807) is 16.2 Å². The number of aromatic nitrogens is 2. The first-order valence-electron chi connectivity index (χ1n) is 11.5. The van der Waals surface area contributed by atoms with E-state index in [0.717, 1.165) is 68.8 Å². The van der Waals surface area contributed by atoms with Crippen LogP contribution in [0.25, 0.3) is 11.0 Å². The van der Waals surface area contributed by atoms with E-state index >= 15 is 0 Å². The summed E-state index contributed by atoms with van der Waals surface area (Å²) in [6.45, 7) is 10.8. The molecule has 2 aliphatic heterocycles. The van der Waals surface area contributed by atoms with Crippen LogP contribution < -0.4 is 11.0 Å². The fourth-order valence-corrected chi connectivity index (χ4v) is 4.87. The zero-order valence-electron chi connectivity index (χ0n) is 18.7. The molecule has 31 heavy (non-hydrogen) atoms. The highest BCUT2D eigenvalue weighted by atomic mass is 16.5. The van der Waals surface area contributed by atoms with E-state index in [-0.39, 0.29) is 11.6 Å². The lowest BCUT2D eigenvalue weighted by Gasteiger charge is -2.32. The molecule has 1 aromatic carbocycles. The third kappa shape index (κ3) is 4.48. The highest BCUT2D eigenvalue weighted by Gasteiger charge is 2.30. The molecule has 0 spiro atoms. The largest absolute Gasteiger partial charge is 0.380 e. The first-order valence-corrected chi connectivity index (χ1v) is 11.5. The number of benzene rings is 1. The molecule has 7 heteroatoms. The van der Waals surface area contributed by atoms with E-state index in [2.05, 4.69) is 35.9 Å². The Labute approximate surface area is 183 Å². The van der Waals surface area contributed by atoms with Crippen LogP contribution in [0, 0.1) is 0 Å². The molecule has 1 unspecified atom stereocenters. The first-order chi connectivity index (χ1) is 15.0. The zero-order chi connectivity index (χ0) is 22.0. The molecule has 168 valence electrons. The van der Waals surface area contributed by atoms with Crippen LogP contribution in [0.3, 0.4) is 0 Å². The monoisotopic (exact) mass is 426 g/mol. The maximum atomic E-state index is 13.0. The van der Waals surface area contributed by atoms with Crippen LogP contribution in [0.5, 0.6) is 0 Å². The van der Waals surface area contributed by atoms with Crippen molar-refractivity contribution in [2.75, 3.05) is 32.8 Å². The minimum atomic E-state index is -0.481. The molecule has 1 N–H and O–H groups in total. The number of fused-ring (bicyclic) bond motifs is 1. The third-order valence-electron chi connectivity index (χ3n) is 6.71. The highest BCUT2D eigenvalue weighted by Crippen LogP contribution is 2.31. The van der Waals surface area contributed by atoms with Gasteiger partial charge in [-0.2, -0.15) is 0 Å². The molecule has 1 aromatic heterocycles. The number of allylic oxidation sites excluding steroid dienone is 1.